The predicted molar refractivity (Wildman–Crippen MR) is 76.5 cm³/mol. The van der Waals surface area contributed by atoms with Gasteiger partial charge in [-0.2, -0.15) is 0 Å². The number of hydrogen-bond acceptors (Lipinski definition) is 4. The van der Waals surface area contributed by atoms with Crippen LogP contribution >= 0.6 is 0 Å². The highest BCUT2D eigenvalue weighted by Crippen LogP contribution is 2.11. The zero-order valence-corrected chi connectivity index (χ0v) is 11.2. The number of nitrogens with one attached hydrogen (secondary N) is 1. The molecule has 2 aromatic rings. The van der Waals surface area contributed by atoms with Gasteiger partial charge in [-0.25, -0.2) is 0 Å². The largest absolute Gasteiger partial charge is 0.508 e. The molecule has 1 aromatic heterocycles. The fourth-order valence-corrected chi connectivity index (χ4v) is 1.83. The summed E-state index contributed by atoms with van der Waals surface area (Å²) in [5.41, 5.74) is 6.46. The molecule has 0 fully saturated rings. The molecule has 0 radical (unpaired) electrons. The number of amides is 2. The van der Waals surface area contributed by atoms with Gasteiger partial charge in [0.25, 0.3) is 5.91 Å². The number of nitrogens with zero attached hydrogens (tertiary/aromatic N) is 1. The van der Waals surface area contributed by atoms with Gasteiger partial charge in [-0.1, -0.05) is 12.1 Å². The molecule has 1 heterocycles. The number of benzene rings is 1. The fraction of sp³-hybridized carbons (Fsp3) is 0.133. The minimum Gasteiger partial charge on any atom is -0.508 e. The number of primary amides is 1. The summed E-state index contributed by atoms with van der Waals surface area (Å²) >= 11 is 0. The molecule has 0 saturated heterocycles. The van der Waals surface area contributed by atoms with Crippen LogP contribution in [-0.2, 0) is 11.2 Å². The fourth-order valence-electron chi connectivity index (χ4n) is 1.83. The van der Waals surface area contributed by atoms with E-state index in [1.807, 2.05) is 0 Å². The first-order chi connectivity index (χ1) is 10.1. The van der Waals surface area contributed by atoms with Gasteiger partial charge in [0.1, 0.15) is 11.8 Å². The van der Waals surface area contributed by atoms with Crippen molar-refractivity contribution >= 4 is 11.8 Å². The number of rotatable bonds is 5. The Bertz CT molecular complexity index is 626. The third kappa shape index (κ3) is 4.04. The number of pyridine rings is 1. The molecule has 21 heavy (non-hydrogen) atoms. The quantitative estimate of drug-likeness (QED) is 0.748. The topological polar surface area (TPSA) is 105 Å². The van der Waals surface area contributed by atoms with E-state index in [9.17, 15) is 14.7 Å². The molecular weight excluding hydrogens is 270 g/mol. The lowest BCUT2D eigenvalue weighted by Crippen LogP contribution is -2.45. The van der Waals surface area contributed by atoms with E-state index < -0.39 is 17.9 Å². The molecule has 1 atom stereocenters. The van der Waals surface area contributed by atoms with Crippen molar-refractivity contribution in [3.05, 3.63) is 59.9 Å². The summed E-state index contributed by atoms with van der Waals surface area (Å²) in [6, 6.07) is 8.76. The second-order valence-electron chi connectivity index (χ2n) is 4.54. The van der Waals surface area contributed by atoms with Crippen LogP contribution in [0.25, 0.3) is 0 Å². The summed E-state index contributed by atoms with van der Waals surface area (Å²) in [4.78, 5) is 27.3. The van der Waals surface area contributed by atoms with Gasteiger partial charge in [-0.05, 0) is 29.8 Å². The van der Waals surface area contributed by atoms with Gasteiger partial charge < -0.3 is 16.2 Å². The molecule has 0 aliphatic rings. The van der Waals surface area contributed by atoms with Gasteiger partial charge in [0.05, 0.1) is 5.56 Å². The summed E-state index contributed by atoms with van der Waals surface area (Å²) in [6.45, 7) is 0. The van der Waals surface area contributed by atoms with Gasteiger partial charge in [0, 0.05) is 18.8 Å². The van der Waals surface area contributed by atoms with E-state index in [0.717, 1.165) is 5.56 Å². The Morgan fingerprint density at radius 1 is 1.24 bits per heavy atom. The lowest BCUT2D eigenvalue weighted by molar-refractivity contribution is -0.119. The van der Waals surface area contributed by atoms with Crippen molar-refractivity contribution in [2.75, 3.05) is 0 Å². The molecule has 1 aromatic carbocycles. The zero-order valence-electron chi connectivity index (χ0n) is 11.2. The average molecular weight is 285 g/mol. The van der Waals surface area contributed by atoms with Crippen LogP contribution in [0.3, 0.4) is 0 Å². The van der Waals surface area contributed by atoms with Crippen molar-refractivity contribution in [2.45, 2.75) is 12.5 Å². The molecule has 2 amide bonds. The summed E-state index contributed by atoms with van der Waals surface area (Å²) in [7, 11) is 0. The number of carbonyl (C=O) groups excluding carboxylic acids is 2. The number of phenolic OH excluding ortho intramolecular Hbond substituents is 1. The van der Waals surface area contributed by atoms with E-state index >= 15 is 0 Å². The molecular formula is C15H15N3O3. The third-order valence-electron chi connectivity index (χ3n) is 2.95. The average Bonchev–Trinajstić information content (AvgIpc) is 2.49. The van der Waals surface area contributed by atoms with Crippen molar-refractivity contribution in [1.29, 1.82) is 0 Å². The number of hydrogen-bond donors (Lipinski definition) is 3. The second-order valence-corrected chi connectivity index (χ2v) is 4.54. The predicted octanol–water partition coefficient (Wildman–Crippen LogP) is 0.614. The van der Waals surface area contributed by atoms with Crippen LogP contribution in [0.1, 0.15) is 15.9 Å². The van der Waals surface area contributed by atoms with Crippen molar-refractivity contribution in [3.8, 4) is 5.75 Å². The number of aromatic nitrogens is 1. The molecule has 6 heteroatoms. The van der Waals surface area contributed by atoms with Crippen LogP contribution in [-0.4, -0.2) is 27.9 Å². The molecule has 0 spiro atoms. The molecule has 108 valence electrons. The van der Waals surface area contributed by atoms with Crippen LogP contribution < -0.4 is 11.1 Å². The maximum absolute atomic E-state index is 12.0. The molecule has 0 aliphatic carbocycles. The Hall–Kier alpha value is -2.89. The Kier molecular flexibility index (Phi) is 4.50. The first-order valence-electron chi connectivity index (χ1n) is 6.34. The smallest absolute Gasteiger partial charge is 0.253 e. The first kappa shape index (κ1) is 14.5. The standard InChI is InChI=1S/C15H15N3O3/c16-14(20)13(8-10-3-5-12(19)6-4-10)18-15(21)11-2-1-7-17-9-11/h1-7,9,13,19H,8H2,(H2,16,20)(H,18,21)/t13-/m1/s1. The Labute approximate surface area is 121 Å². The van der Waals surface area contributed by atoms with Gasteiger partial charge >= 0.3 is 0 Å². The maximum Gasteiger partial charge on any atom is 0.253 e. The van der Waals surface area contributed by atoms with Gasteiger partial charge in [-0.15, -0.1) is 0 Å². The van der Waals surface area contributed by atoms with Crippen LogP contribution in [0, 0.1) is 0 Å². The third-order valence-corrected chi connectivity index (χ3v) is 2.95. The SMILES string of the molecule is NC(=O)[C@@H](Cc1ccc(O)cc1)NC(=O)c1cccnc1. The van der Waals surface area contributed by atoms with Crippen LogP contribution in [0.5, 0.6) is 5.75 Å². The van der Waals surface area contributed by atoms with E-state index in [1.165, 1.54) is 18.3 Å². The van der Waals surface area contributed by atoms with E-state index in [0.29, 0.717) is 5.56 Å². The van der Waals surface area contributed by atoms with Crippen molar-refractivity contribution < 1.29 is 14.7 Å². The highest BCUT2D eigenvalue weighted by atomic mass is 16.3. The number of carbonyl (C=O) groups is 2. The summed E-state index contributed by atoms with van der Waals surface area (Å²) < 4.78 is 0. The summed E-state index contributed by atoms with van der Waals surface area (Å²) in [5, 5.41) is 11.8. The van der Waals surface area contributed by atoms with E-state index in [4.69, 9.17) is 5.73 Å². The lowest BCUT2D eigenvalue weighted by Gasteiger charge is -2.15. The van der Waals surface area contributed by atoms with E-state index in [2.05, 4.69) is 10.3 Å². The van der Waals surface area contributed by atoms with Crippen LogP contribution in [0.2, 0.25) is 0 Å². The molecule has 6 nitrogen and oxygen atoms in total. The van der Waals surface area contributed by atoms with Crippen molar-refractivity contribution in [3.63, 3.8) is 0 Å². The second kappa shape index (κ2) is 6.51. The van der Waals surface area contributed by atoms with Gasteiger partial charge in [0.2, 0.25) is 5.91 Å². The molecule has 0 aliphatic heterocycles. The zero-order chi connectivity index (χ0) is 15.2. The molecule has 0 unspecified atom stereocenters. The molecule has 2 rings (SSSR count). The number of nitrogens with two attached hydrogens (primary N) is 1. The maximum atomic E-state index is 12.0. The highest BCUT2D eigenvalue weighted by Gasteiger charge is 2.19. The first-order valence-corrected chi connectivity index (χ1v) is 6.34. The van der Waals surface area contributed by atoms with Gasteiger partial charge in [-0.3, -0.25) is 14.6 Å². The monoisotopic (exact) mass is 285 g/mol. The van der Waals surface area contributed by atoms with Crippen LogP contribution in [0.4, 0.5) is 0 Å². The Morgan fingerprint density at radius 2 is 1.95 bits per heavy atom. The Balaban J connectivity index is 2.07. The Morgan fingerprint density at radius 3 is 2.52 bits per heavy atom. The van der Waals surface area contributed by atoms with Crippen molar-refractivity contribution in [1.82, 2.24) is 10.3 Å². The molecule has 0 bridgehead atoms. The minimum absolute atomic E-state index is 0.133. The number of aromatic hydroxyl groups is 1. The van der Waals surface area contributed by atoms with E-state index in [1.54, 1.807) is 30.5 Å². The minimum atomic E-state index is -0.831. The van der Waals surface area contributed by atoms with Crippen LogP contribution in [0.15, 0.2) is 48.8 Å². The highest BCUT2D eigenvalue weighted by molar-refractivity contribution is 5.97. The normalized spacial score (nSPS) is 11.6. The van der Waals surface area contributed by atoms with Crippen molar-refractivity contribution in [2.24, 2.45) is 5.73 Å². The lowest BCUT2D eigenvalue weighted by atomic mass is 10.0. The number of phenols is 1. The van der Waals surface area contributed by atoms with E-state index in [-0.39, 0.29) is 12.2 Å². The molecule has 0 saturated carbocycles. The van der Waals surface area contributed by atoms with Gasteiger partial charge in [0.15, 0.2) is 0 Å². The summed E-state index contributed by atoms with van der Waals surface area (Å²) in [5.74, 6) is -0.903. The summed E-state index contributed by atoms with van der Waals surface area (Å²) in [6.07, 6.45) is 3.22. The molecule has 4 N–H and O–H groups in total.